The largest absolute Gasteiger partial charge is 0.348 e. The quantitative estimate of drug-likeness (QED) is 0.695. The second-order valence-electron chi connectivity index (χ2n) is 3.69. The van der Waals surface area contributed by atoms with E-state index in [0.29, 0.717) is 11.5 Å². The average molecular weight is 203 g/mol. The van der Waals surface area contributed by atoms with Crippen molar-refractivity contribution in [1.82, 2.24) is 9.38 Å². The van der Waals surface area contributed by atoms with Gasteiger partial charge in [-0.15, -0.1) is 0 Å². The van der Waals surface area contributed by atoms with E-state index in [1.807, 2.05) is 47.8 Å². The second-order valence-corrected chi connectivity index (χ2v) is 3.69. The molecule has 2 heterocycles. The lowest BCUT2D eigenvalue weighted by Crippen LogP contribution is -2.22. The Balaban J connectivity index is 2.95. The third-order valence-electron chi connectivity index (χ3n) is 2.38. The van der Waals surface area contributed by atoms with Crippen LogP contribution in [0.15, 0.2) is 29.2 Å². The van der Waals surface area contributed by atoms with E-state index >= 15 is 0 Å². The summed E-state index contributed by atoms with van der Waals surface area (Å²) < 4.78 is 1.91. The van der Waals surface area contributed by atoms with E-state index in [1.165, 1.54) is 0 Å². The number of rotatable bonds is 1. The summed E-state index contributed by atoms with van der Waals surface area (Å²) in [5, 5.41) is 0. The molecule has 0 aliphatic carbocycles. The van der Waals surface area contributed by atoms with Crippen molar-refractivity contribution in [2.75, 3.05) is 19.0 Å². The molecule has 0 saturated heterocycles. The monoisotopic (exact) mass is 203 g/mol. The molecule has 0 atom stereocenters. The standard InChI is InChI=1S/C11H13N3O/c1-8-9-6-4-5-7-14(9)11(13(2)3)12-10(8)15/h4-7H,1-3H3. The van der Waals surface area contributed by atoms with E-state index in [0.717, 1.165) is 5.52 Å². The molecule has 0 saturated carbocycles. The van der Waals surface area contributed by atoms with Crippen molar-refractivity contribution in [3.8, 4) is 0 Å². The molecule has 0 fully saturated rings. The maximum absolute atomic E-state index is 11.6. The molecule has 2 aromatic rings. The Bertz CT molecular complexity index is 557. The fraction of sp³-hybridized carbons (Fsp3) is 0.273. The van der Waals surface area contributed by atoms with Crippen molar-refractivity contribution in [2.45, 2.75) is 6.92 Å². The minimum atomic E-state index is -0.162. The molecule has 0 amide bonds. The number of aromatic nitrogens is 2. The number of fused-ring (bicyclic) bond motifs is 1. The zero-order valence-corrected chi connectivity index (χ0v) is 9.06. The second kappa shape index (κ2) is 3.38. The third-order valence-corrected chi connectivity index (χ3v) is 2.38. The Morgan fingerprint density at radius 1 is 1.33 bits per heavy atom. The Morgan fingerprint density at radius 2 is 2.07 bits per heavy atom. The van der Waals surface area contributed by atoms with Gasteiger partial charge >= 0.3 is 0 Å². The summed E-state index contributed by atoms with van der Waals surface area (Å²) in [6.45, 7) is 1.80. The van der Waals surface area contributed by atoms with Gasteiger partial charge in [-0.2, -0.15) is 4.98 Å². The number of pyridine rings is 1. The lowest BCUT2D eigenvalue weighted by molar-refractivity contribution is 0.932. The van der Waals surface area contributed by atoms with E-state index in [-0.39, 0.29) is 5.56 Å². The van der Waals surface area contributed by atoms with E-state index in [4.69, 9.17) is 0 Å². The van der Waals surface area contributed by atoms with Crippen LogP contribution in [0.5, 0.6) is 0 Å². The van der Waals surface area contributed by atoms with Crippen LogP contribution in [0.2, 0.25) is 0 Å². The van der Waals surface area contributed by atoms with Crippen LogP contribution in [0.3, 0.4) is 0 Å². The first-order valence-corrected chi connectivity index (χ1v) is 4.76. The van der Waals surface area contributed by atoms with Gasteiger partial charge in [0.1, 0.15) is 0 Å². The molecule has 4 nitrogen and oxygen atoms in total. The number of anilines is 1. The highest BCUT2D eigenvalue weighted by molar-refractivity contribution is 5.56. The molecule has 0 bridgehead atoms. The summed E-state index contributed by atoms with van der Waals surface area (Å²) >= 11 is 0. The van der Waals surface area contributed by atoms with Crippen LogP contribution in [0, 0.1) is 6.92 Å². The minimum Gasteiger partial charge on any atom is -0.348 e. The van der Waals surface area contributed by atoms with Crippen LogP contribution < -0.4 is 10.5 Å². The predicted molar refractivity (Wildman–Crippen MR) is 60.5 cm³/mol. The fourth-order valence-corrected chi connectivity index (χ4v) is 1.58. The summed E-state index contributed by atoms with van der Waals surface area (Å²) in [7, 11) is 3.74. The van der Waals surface area contributed by atoms with E-state index in [9.17, 15) is 4.79 Å². The molecule has 0 aromatic carbocycles. The van der Waals surface area contributed by atoms with E-state index in [1.54, 1.807) is 6.92 Å². The van der Waals surface area contributed by atoms with Gasteiger partial charge in [0.2, 0.25) is 5.95 Å². The first kappa shape index (κ1) is 9.71. The first-order valence-electron chi connectivity index (χ1n) is 4.76. The summed E-state index contributed by atoms with van der Waals surface area (Å²) in [6, 6.07) is 5.76. The molecular weight excluding hydrogens is 190 g/mol. The Morgan fingerprint density at radius 3 is 2.73 bits per heavy atom. The SMILES string of the molecule is Cc1c(=O)nc(N(C)C)n2ccccc12. The van der Waals surface area contributed by atoms with Crippen LogP contribution in [0.1, 0.15) is 5.56 Å². The van der Waals surface area contributed by atoms with Crippen molar-refractivity contribution < 1.29 is 0 Å². The molecule has 0 aliphatic heterocycles. The van der Waals surface area contributed by atoms with Gasteiger partial charge in [0.15, 0.2) is 0 Å². The molecule has 0 N–H and O–H groups in total. The van der Waals surface area contributed by atoms with Crippen LogP contribution in [0.25, 0.3) is 5.52 Å². The maximum atomic E-state index is 11.6. The van der Waals surface area contributed by atoms with Crippen molar-refractivity contribution in [1.29, 1.82) is 0 Å². The van der Waals surface area contributed by atoms with E-state index in [2.05, 4.69) is 4.98 Å². The van der Waals surface area contributed by atoms with Crippen LogP contribution >= 0.6 is 0 Å². The van der Waals surface area contributed by atoms with Crippen LogP contribution in [0.4, 0.5) is 5.95 Å². The molecule has 4 heteroatoms. The maximum Gasteiger partial charge on any atom is 0.277 e. The van der Waals surface area contributed by atoms with Crippen molar-refractivity contribution >= 4 is 11.5 Å². The fourth-order valence-electron chi connectivity index (χ4n) is 1.58. The van der Waals surface area contributed by atoms with Gasteiger partial charge in [-0.1, -0.05) is 6.07 Å². The Labute approximate surface area is 87.8 Å². The highest BCUT2D eigenvalue weighted by atomic mass is 16.1. The van der Waals surface area contributed by atoms with Gasteiger partial charge in [-0.25, -0.2) is 0 Å². The smallest absolute Gasteiger partial charge is 0.277 e. The molecule has 0 aliphatic rings. The first-order chi connectivity index (χ1) is 7.11. The van der Waals surface area contributed by atoms with Gasteiger partial charge in [0.05, 0.1) is 5.52 Å². The molecule has 2 aromatic heterocycles. The summed E-state index contributed by atoms with van der Waals surface area (Å²) in [4.78, 5) is 17.5. The van der Waals surface area contributed by atoms with Crippen molar-refractivity contribution in [3.63, 3.8) is 0 Å². The van der Waals surface area contributed by atoms with Gasteiger partial charge in [0.25, 0.3) is 5.56 Å². The molecule has 0 spiro atoms. The van der Waals surface area contributed by atoms with Crippen molar-refractivity contribution in [3.05, 3.63) is 40.3 Å². The third kappa shape index (κ3) is 1.48. The van der Waals surface area contributed by atoms with Crippen LogP contribution in [-0.2, 0) is 0 Å². The molecule has 78 valence electrons. The number of hydrogen-bond donors (Lipinski definition) is 0. The van der Waals surface area contributed by atoms with Gasteiger partial charge in [-0.3, -0.25) is 9.20 Å². The zero-order valence-electron chi connectivity index (χ0n) is 9.06. The number of hydrogen-bond acceptors (Lipinski definition) is 3. The van der Waals surface area contributed by atoms with E-state index < -0.39 is 0 Å². The number of aryl methyl sites for hydroxylation is 1. The van der Waals surface area contributed by atoms with Crippen molar-refractivity contribution in [2.24, 2.45) is 0 Å². The zero-order chi connectivity index (χ0) is 11.0. The Kier molecular flexibility index (Phi) is 2.19. The van der Waals surface area contributed by atoms with Gasteiger partial charge < -0.3 is 4.90 Å². The summed E-state index contributed by atoms with van der Waals surface area (Å²) in [6.07, 6.45) is 1.91. The molecule has 0 unspecified atom stereocenters. The lowest BCUT2D eigenvalue weighted by Gasteiger charge is -2.15. The molecule has 0 radical (unpaired) electrons. The van der Waals surface area contributed by atoms with Gasteiger partial charge in [0, 0.05) is 25.9 Å². The summed E-state index contributed by atoms with van der Waals surface area (Å²) in [5.74, 6) is 0.654. The highest BCUT2D eigenvalue weighted by Gasteiger charge is 2.08. The summed E-state index contributed by atoms with van der Waals surface area (Å²) in [5.41, 5.74) is 1.42. The minimum absolute atomic E-state index is 0.162. The molecular formula is C11H13N3O. The molecule has 15 heavy (non-hydrogen) atoms. The number of nitrogens with zero attached hydrogens (tertiary/aromatic N) is 3. The topological polar surface area (TPSA) is 37.6 Å². The highest BCUT2D eigenvalue weighted by Crippen LogP contribution is 2.12. The normalized spacial score (nSPS) is 10.6. The average Bonchev–Trinajstić information content (AvgIpc) is 2.23. The van der Waals surface area contributed by atoms with Gasteiger partial charge in [-0.05, 0) is 19.1 Å². The van der Waals surface area contributed by atoms with Crippen LogP contribution in [-0.4, -0.2) is 23.5 Å². The lowest BCUT2D eigenvalue weighted by atomic mass is 10.2. The Hall–Kier alpha value is -1.84. The predicted octanol–water partition coefficient (Wildman–Crippen LogP) is 1.07. The molecule has 2 rings (SSSR count).